The van der Waals surface area contributed by atoms with Crippen LogP contribution in [0.15, 0.2) is 48.5 Å². The van der Waals surface area contributed by atoms with Gasteiger partial charge in [-0.25, -0.2) is 4.79 Å². The molecule has 2 aromatic rings. The smallest absolute Gasteiger partial charge is 0.408 e. The van der Waals surface area contributed by atoms with Gasteiger partial charge in [-0.2, -0.15) is 0 Å². The van der Waals surface area contributed by atoms with Crippen molar-refractivity contribution in [3.05, 3.63) is 59.7 Å². The molecule has 11 nitrogen and oxygen atoms in total. The summed E-state index contributed by atoms with van der Waals surface area (Å²) >= 11 is 0. The van der Waals surface area contributed by atoms with Crippen LogP contribution in [0, 0.1) is 0 Å². The van der Waals surface area contributed by atoms with E-state index >= 15 is 0 Å². The zero-order chi connectivity index (χ0) is 25.8. The van der Waals surface area contributed by atoms with Crippen molar-refractivity contribution >= 4 is 23.8 Å². The first kappa shape index (κ1) is 27.0. The zero-order valence-electron chi connectivity index (χ0n) is 19.8. The second-order valence-electron chi connectivity index (χ2n) is 7.74. The molecule has 1 atom stereocenters. The van der Waals surface area contributed by atoms with Crippen LogP contribution in [0.3, 0.4) is 0 Å². The molecule has 0 fully saturated rings. The number of nitrogens with one attached hydrogen (secondary N) is 3. The van der Waals surface area contributed by atoms with Crippen LogP contribution in [0.1, 0.15) is 42.6 Å². The third-order valence-electron chi connectivity index (χ3n) is 4.59. The highest BCUT2D eigenvalue weighted by molar-refractivity contribution is 5.96. The number of alkyl carbamates (subject to hydrolysis) is 1. The minimum atomic E-state index is -1.18. The summed E-state index contributed by atoms with van der Waals surface area (Å²) in [4.78, 5) is 48.5. The minimum Gasteiger partial charge on any atom is -0.493 e. The number of nitrogens with two attached hydrogens (primary N) is 1. The molecule has 0 bridgehead atoms. The van der Waals surface area contributed by atoms with E-state index in [1.807, 2.05) is 19.9 Å². The van der Waals surface area contributed by atoms with Crippen LogP contribution in [0.25, 0.3) is 0 Å². The van der Waals surface area contributed by atoms with Gasteiger partial charge >= 0.3 is 6.09 Å². The topological polar surface area (TPSA) is 158 Å². The monoisotopic (exact) mass is 486 g/mol. The molecule has 0 radical (unpaired) electrons. The molecule has 0 aliphatic carbocycles. The molecule has 0 aliphatic heterocycles. The molecule has 2 rings (SSSR count). The predicted molar refractivity (Wildman–Crippen MR) is 126 cm³/mol. The first-order chi connectivity index (χ1) is 16.7. The van der Waals surface area contributed by atoms with E-state index in [0.29, 0.717) is 11.5 Å². The Morgan fingerprint density at radius 3 is 2.31 bits per heavy atom. The molecular weight excluding hydrogens is 456 g/mol. The average Bonchev–Trinajstić information content (AvgIpc) is 2.84. The van der Waals surface area contributed by atoms with Gasteiger partial charge in [0.1, 0.15) is 12.6 Å². The van der Waals surface area contributed by atoms with Crippen LogP contribution in [-0.4, -0.2) is 43.1 Å². The highest BCUT2D eigenvalue weighted by atomic mass is 16.5. The van der Waals surface area contributed by atoms with Crippen LogP contribution >= 0.6 is 0 Å². The molecule has 35 heavy (non-hydrogen) atoms. The van der Waals surface area contributed by atoms with Gasteiger partial charge in [-0.1, -0.05) is 30.3 Å². The van der Waals surface area contributed by atoms with Gasteiger partial charge in [0.15, 0.2) is 11.5 Å². The number of ether oxygens (including phenoxy) is 3. The second kappa shape index (κ2) is 13.4. The molecule has 0 unspecified atom stereocenters. The molecule has 2 aromatic carbocycles. The molecular formula is C24H30N4O7. The summed E-state index contributed by atoms with van der Waals surface area (Å²) in [7, 11) is 1.44. The number of hydrogen-bond donors (Lipinski definition) is 4. The van der Waals surface area contributed by atoms with Gasteiger partial charge in [0.2, 0.25) is 5.91 Å². The maximum atomic E-state index is 12.6. The summed E-state index contributed by atoms with van der Waals surface area (Å²) in [6.07, 6.45) is -1.21. The third-order valence-corrected chi connectivity index (χ3v) is 4.59. The van der Waals surface area contributed by atoms with Gasteiger partial charge in [-0.3, -0.25) is 25.2 Å². The molecule has 0 spiro atoms. The van der Waals surface area contributed by atoms with Crippen LogP contribution in [0.4, 0.5) is 4.79 Å². The van der Waals surface area contributed by atoms with Gasteiger partial charge in [0.25, 0.3) is 11.8 Å². The van der Waals surface area contributed by atoms with Gasteiger partial charge < -0.3 is 25.3 Å². The maximum Gasteiger partial charge on any atom is 0.408 e. The number of benzene rings is 2. The molecule has 5 N–H and O–H groups in total. The molecule has 4 amide bonds. The zero-order valence-corrected chi connectivity index (χ0v) is 19.8. The maximum absolute atomic E-state index is 12.6. The lowest BCUT2D eigenvalue weighted by Crippen LogP contribution is -2.52. The lowest BCUT2D eigenvalue weighted by Gasteiger charge is -2.18. The number of rotatable bonds is 11. The lowest BCUT2D eigenvalue weighted by atomic mass is 10.1. The van der Waals surface area contributed by atoms with Crippen LogP contribution < -0.4 is 31.4 Å². The van der Waals surface area contributed by atoms with Crippen molar-refractivity contribution in [1.29, 1.82) is 0 Å². The van der Waals surface area contributed by atoms with E-state index in [9.17, 15) is 19.2 Å². The van der Waals surface area contributed by atoms with Crippen molar-refractivity contribution in [1.82, 2.24) is 16.2 Å². The highest BCUT2D eigenvalue weighted by Crippen LogP contribution is 2.28. The molecule has 0 aliphatic rings. The summed E-state index contributed by atoms with van der Waals surface area (Å²) in [5, 5.41) is 2.38. The van der Waals surface area contributed by atoms with E-state index < -0.39 is 29.9 Å². The normalized spacial score (nSPS) is 11.2. The van der Waals surface area contributed by atoms with E-state index in [2.05, 4.69) is 16.2 Å². The number of carbonyl (C=O) groups is 4. The Balaban J connectivity index is 1.97. The Hall–Kier alpha value is -4.28. The Kier molecular flexibility index (Phi) is 10.3. The molecule has 0 saturated carbocycles. The number of methoxy groups -OCH3 is 1. The number of carbonyl (C=O) groups excluding carboxylic acids is 4. The van der Waals surface area contributed by atoms with E-state index in [1.54, 1.807) is 30.3 Å². The number of hydrazine groups is 1. The van der Waals surface area contributed by atoms with Gasteiger partial charge in [0, 0.05) is 12.0 Å². The summed E-state index contributed by atoms with van der Waals surface area (Å²) in [5.74, 6) is -1.23. The first-order valence-corrected chi connectivity index (χ1v) is 10.9. The fraction of sp³-hybridized carbons (Fsp3) is 0.333. The predicted octanol–water partition coefficient (Wildman–Crippen LogP) is 1.80. The number of amides is 4. The summed E-state index contributed by atoms with van der Waals surface area (Å²) < 4.78 is 16.0. The average molecular weight is 487 g/mol. The third kappa shape index (κ3) is 9.24. The summed E-state index contributed by atoms with van der Waals surface area (Å²) in [6, 6.07) is 12.3. The number of primary amides is 1. The first-order valence-electron chi connectivity index (χ1n) is 10.9. The van der Waals surface area contributed by atoms with E-state index in [0.717, 1.165) is 5.56 Å². The van der Waals surface area contributed by atoms with Gasteiger partial charge in [-0.15, -0.1) is 0 Å². The van der Waals surface area contributed by atoms with Crippen molar-refractivity contribution in [2.45, 2.75) is 45.4 Å². The Labute approximate surface area is 203 Å². The van der Waals surface area contributed by atoms with E-state index in [4.69, 9.17) is 19.9 Å². The van der Waals surface area contributed by atoms with Gasteiger partial charge in [0.05, 0.1) is 13.2 Å². The van der Waals surface area contributed by atoms with Crippen molar-refractivity contribution in [2.75, 3.05) is 7.11 Å². The van der Waals surface area contributed by atoms with Crippen LogP contribution in [-0.2, 0) is 20.9 Å². The van der Waals surface area contributed by atoms with Crippen molar-refractivity contribution in [3.63, 3.8) is 0 Å². The Morgan fingerprint density at radius 2 is 1.69 bits per heavy atom. The molecule has 0 aromatic heterocycles. The Morgan fingerprint density at radius 1 is 0.971 bits per heavy atom. The largest absolute Gasteiger partial charge is 0.493 e. The van der Waals surface area contributed by atoms with Crippen molar-refractivity contribution < 1.29 is 33.4 Å². The van der Waals surface area contributed by atoms with E-state index in [1.165, 1.54) is 19.2 Å². The standard InChI is InChI=1S/C24H30N4O7/c1-15(2)35-19-11-9-17(13-20(19)33-3)22(30)27-28-23(31)18(10-12-21(25)29)26-24(32)34-14-16-7-5-4-6-8-16/h4-9,11,13,15,18H,10,12,14H2,1-3H3,(H2,25,29)(H,26,32)(H,27,30)(H,28,31)/t18-/m0/s1. The quantitative estimate of drug-likeness (QED) is 0.353. The molecule has 0 saturated heterocycles. The summed E-state index contributed by atoms with van der Waals surface area (Å²) in [6.45, 7) is 3.71. The van der Waals surface area contributed by atoms with E-state index in [-0.39, 0.29) is 31.1 Å². The van der Waals surface area contributed by atoms with Crippen molar-refractivity contribution in [2.24, 2.45) is 5.73 Å². The molecule has 188 valence electrons. The van der Waals surface area contributed by atoms with Crippen LogP contribution in [0.5, 0.6) is 11.5 Å². The van der Waals surface area contributed by atoms with Crippen LogP contribution in [0.2, 0.25) is 0 Å². The fourth-order valence-electron chi connectivity index (χ4n) is 2.90. The molecule has 0 heterocycles. The lowest BCUT2D eigenvalue weighted by molar-refractivity contribution is -0.124. The molecule has 11 heteroatoms. The second-order valence-corrected chi connectivity index (χ2v) is 7.74. The minimum absolute atomic E-state index is 0.00802. The highest BCUT2D eigenvalue weighted by Gasteiger charge is 2.23. The van der Waals surface area contributed by atoms with Gasteiger partial charge in [-0.05, 0) is 44.0 Å². The fourth-order valence-corrected chi connectivity index (χ4v) is 2.90. The Bertz CT molecular complexity index is 1030. The van der Waals surface area contributed by atoms with Crippen molar-refractivity contribution in [3.8, 4) is 11.5 Å². The SMILES string of the molecule is COc1cc(C(=O)NNC(=O)[C@H](CCC(N)=O)NC(=O)OCc2ccccc2)ccc1OC(C)C. The number of hydrogen-bond acceptors (Lipinski definition) is 7. The summed E-state index contributed by atoms with van der Waals surface area (Å²) in [5.41, 5.74) is 10.6.